The summed E-state index contributed by atoms with van der Waals surface area (Å²) in [7, 11) is 2.89. The molecule has 1 atom stereocenters. The number of hydrogen-bond acceptors (Lipinski definition) is 6. The van der Waals surface area contributed by atoms with Gasteiger partial charge in [0.1, 0.15) is 0 Å². The van der Waals surface area contributed by atoms with E-state index in [0.29, 0.717) is 12.0 Å². The second kappa shape index (κ2) is 8.96. The molecule has 1 aromatic rings. The zero-order valence-electron chi connectivity index (χ0n) is 14.4. The molecule has 1 heterocycles. The predicted molar refractivity (Wildman–Crippen MR) is 94.8 cm³/mol. The molecule has 1 aliphatic heterocycles. The van der Waals surface area contributed by atoms with Gasteiger partial charge in [-0.05, 0) is 30.9 Å². The van der Waals surface area contributed by atoms with Crippen LogP contribution in [0.5, 0.6) is 0 Å². The number of aliphatic imine (C=N–C) groups is 1. The van der Waals surface area contributed by atoms with Crippen LogP contribution in [0.2, 0.25) is 0 Å². The summed E-state index contributed by atoms with van der Waals surface area (Å²) in [6.45, 7) is 0. The number of nitro groups is 1. The summed E-state index contributed by atoms with van der Waals surface area (Å²) in [6.07, 6.45) is 8.45. The van der Waals surface area contributed by atoms with Crippen LogP contribution in [0.15, 0.2) is 29.3 Å². The number of ether oxygens (including phenoxy) is 2. The zero-order valence-corrected chi connectivity index (χ0v) is 14.4. The quantitative estimate of drug-likeness (QED) is 0.460. The summed E-state index contributed by atoms with van der Waals surface area (Å²) in [5.41, 5.74) is 0.618. The molecule has 1 unspecified atom stereocenters. The van der Waals surface area contributed by atoms with Crippen molar-refractivity contribution >= 4 is 23.6 Å². The lowest BCUT2D eigenvalue weighted by molar-refractivity contribution is -0.384. The van der Waals surface area contributed by atoms with E-state index in [9.17, 15) is 14.9 Å². The normalized spacial score (nSPS) is 17.7. The lowest BCUT2D eigenvalue weighted by atomic mass is 10.0. The van der Waals surface area contributed by atoms with Crippen molar-refractivity contribution in [3.05, 3.63) is 45.5 Å². The van der Waals surface area contributed by atoms with E-state index in [1.165, 1.54) is 19.2 Å². The van der Waals surface area contributed by atoms with Crippen molar-refractivity contribution in [3.8, 4) is 0 Å². The van der Waals surface area contributed by atoms with Crippen LogP contribution in [0, 0.1) is 10.1 Å². The summed E-state index contributed by atoms with van der Waals surface area (Å²) in [5.74, 6) is 0.180. The fraction of sp³-hybridized carbons (Fsp3) is 0.444. The minimum Gasteiger partial charge on any atom is -0.484 e. The fourth-order valence-corrected chi connectivity index (χ4v) is 2.76. The van der Waals surface area contributed by atoms with Crippen LogP contribution in [-0.2, 0) is 9.47 Å². The van der Waals surface area contributed by atoms with Gasteiger partial charge in [0, 0.05) is 18.6 Å². The minimum absolute atomic E-state index is 0.143. The highest BCUT2D eigenvalue weighted by Crippen LogP contribution is 2.22. The van der Waals surface area contributed by atoms with Crippen LogP contribution in [-0.4, -0.2) is 37.1 Å². The number of nitro benzene ring substituents is 1. The average molecular weight is 346 g/mol. The number of carbonyl (C=O) groups is 1. The van der Waals surface area contributed by atoms with E-state index in [1.54, 1.807) is 19.3 Å². The topological polar surface area (TPSA) is 91.0 Å². The number of nitrogens with zero attached hydrogens (tertiary/aromatic N) is 2. The Labute approximate surface area is 146 Å². The highest BCUT2D eigenvalue weighted by molar-refractivity contribution is 5.94. The first-order valence-electron chi connectivity index (χ1n) is 8.19. The summed E-state index contributed by atoms with van der Waals surface area (Å²) >= 11 is 0. The second-order valence-electron chi connectivity index (χ2n) is 5.78. The van der Waals surface area contributed by atoms with Gasteiger partial charge in [-0.3, -0.25) is 15.1 Å². The van der Waals surface area contributed by atoms with Crippen molar-refractivity contribution in [1.29, 1.82) is 0 Å². The van der Waals surface area contributed by atoms with Crippen LogP contribution in [0.25, 0.3) is 6.08 Å². The Kier molecular flexibility index (Phi) is 6.68. The van der Waals surface area contributed by atoms with Crippen molar-refractivity contribution in [1.82, 2.24) is 0 Å². The standard InChI is InChI=1S/C18H22N2O5/c1-24-17-9-4-3-7-14(19-17)8-5-6-13-10-11-15(20(22)23)12-16(13)18(21)25-2/h5-6,10-12,14H,3-4,7-9H2,1-2H3/b6-5+. The van der Waals surface area contributed by atoms with Gasteiger partial charge >= 0.3 is 5.97 Å². The van der Waals surface area contributed by atoms with Gasteiger partial charge in [0.2, 0.25) is 0 Å². The molecule has 0 amide bonds. The van der Waals surface area contributed by atoms with Crippen LogP contribution in [0.3, 0.4) is 0 Å². The largest absolute Gasteiger partial charge is 0.484 e. The van der Waals surface area contributed by atoms with Gasteiger partial charge in [0.15, 0.2) is 5.90 Å². The first-order chi connectivity index (χ1) is 12.0. The Hall–Kier alpha value is -2.70. The molecule has 25 heavy (non-hydrogen) atoms. The maximum absolute atomic E-state index is 11.9. The lowest BCUT2D eigenvalue weighted by Gasteiger charge is -2.08. The number of non-ortho nitro benzene ring substituents is 1. The molecule has 0 N–H and O–H groups in total. The van der Waals surface area contributed by atoms with Gasteiger partial charge in [-0.25, -0.2) is 4.79 Å². The van der Waals surface area contributed by atoms with E-state index in [1.807, 2.05) is 6.08 Å². The molecular formula is C18H22N2O5. The van der Waals surface area contributed by atoms with Gasteiger partial charge in [0.25, 0.3) is 5.69 Å². The first kappa shape index (κ1) is 18.6. The van der Waals surface area contributed by atoms with Gasteiger partial charge in [-0.1, -0.05) is 18.6 Å². The highest BCUT2D eigenvalue weighted by atomic mass is 16.6. The minimum atomic E-state index is -0.600. The van der Waals surface area contributed by atoms with Gasteiger partial charge < -0.3 is 9.47 Å². The molecule has 7 heteroatoms. The van der Waals surface area contributed by atoms with Crippen molar-refractivity contribution < 1.29 is 19.2 Å². The Balaban J connectivity index is 2.16. The molecule has 0 aliphatic carbocycles. The van der Waals surface area contributed by atoms with E-state index in [-0.39, 0.29) is 17.3 Å². The third-order valence-corrected chi connectivity index (χ3v) is 4.10. The summed E-state index contributed by atoms with van der Waals surface area (Å²) in [5, 5.41) is 10.9. The third kappa shape index (κ3) is 5.14. The van der Waals surface area contributed by atoms with Crippen molar-refractivity contribution in [3.63, 3.8) is 0 Å². The number of hydrogen-bond donors (Lipinski definition) is 0. The molecule has 0 radical (unpaired) electrons. The summed E-state index contributed by atoms with van der Waals surface area (Å²) in [6, 6.07) is 4.31. The number of benzene rings is 1. The van der Waals surface area contributed by atoms with Crippen molar-refractivity contribution in [2.75, 3.05) is 14.2 Å². The molecule has 0 saturated heterocycles. The molecule has 0 saturated carbocycles. The summed E-state index contributed by atoms with van der Waals surface area (Å²) < 4.78 is 9.99. The Morgan fingerprint density at radius 3 is 2.88 bits per heavy atom. The van der Waals surface area contributed by atoms with E-state index >= 15 is 0 Å². The van der Waals surface area contributed by atoms with Crippen LogP contribution in [0.4, 0.5) is 5.69 Å². The maximum Gasteiger partial charge on any atom is 0.338 e. The molecule has 0 fully saturated rings. The fourth-order valence-electron chi connectivity index (χ4n) is 2.76. The van der Waals surface area contributed by atoms with E-state index in [0.717, 1.165) is 31.6 Å². The number of methoxy groups -OCH3 is 2. The van der Waals surface area contributed by atoms with Gasteiger partial charge in [-0.15, -0.1) is 0 Å². The Morgan fingerprint density at radius 2 is 2.20 bits per heavy atom. The van der Waals surface area contributed by atoms with Crippen LogP contribution >= 0.6 is 0 Å². The summed E-state index contributed by atoms with van der Waals surface area (Å²) in [4.78, 5) is 26.8. The van der Waals surface area contributed by atoms with Gasteiger partial charge in [-0.2, -0.15) is 0 Å². The molecular weight excluding hydrogens is 324 g/mol. The number of esters is 1. The molecule has 1 aromatic carbocycles. The molecule has 134 valence electrons. The molecule has 0 bridgehead atoms. The lowest BCUT2D eigenvalue weighted by Crippen LogP contribution is -2.07. The maximum atomic E-state index is 11.9. The smallest absolute Gasteiger partial charge is 0.338 e. The number of rotatable bonds is 5. The van der Waals surface area contributed by atoms with Crippen molar-refractivity contribution in [2.24, 2.45) is 4.99 Å². The SMILES string of the molecule is COC(=O)c1cc([N+](=O)[O-])ccc1/C=C/CC1CCCCC(OC)=N1. The monoisotopic (exact) mass is 346 g/mol. The zero-order chi connectivity index (χ0) is 18.2. The molecule has 0 spiro atoms. The third-order valence-electron chi connectivity index (χ3n) is 4.10. The Bertz CT molecular complexity index is 697. The van der Waals surface area contributed by atoms with Crippen LogP contribution < -0.4 is 0 Å². The molecule has 0 aromatic heterocycles. The highest BCUT2D eigenvalue weighted by Gasteiger charge is 2.16. The molecule has 7 nitrogen and oxygen atoms in total. The average Bonchev–Trinajstić information content (AvgIpc) is 2.86. The molecule has 1 aliphatic rings. The predicted octanol–water partition coefficient (Wildman–Crippen LogP) is 3.77. The van der Waals surface area contributed by atoms with E-state index in [2.05, 4.69) is 4.99 Å². The second-order valence-corrected chi connectivity index (χ2v) is 5.78. The van der Waals surface area contributed by atoms with E-state index < -0.39 is 10.9 Å². The van der Waals surface area contributed by atoms with E-state index in [4.69, 9.17) is 9.47 Å². The first-order valence-corrected chi connectivity index (χ1v) is 8.19. The van der Waals surface area contributed by atoms with Crippen molar-refractivity contribution in [2.45, 2.75) is 38.1 Å². The Morgan fingerprint density at radius 1 is 1.40 bits per heavy atom. The molecule has 2 rings (SSSR count). The van der Waals surface area contributed by atoms with Crippen LogP contribution in [0.1, 0.15) is 48.0 Å². The van der Waals surface area contributed by atoms with Gasteiger partial charge in [0.05, 0.1) is 30.7 Å². The number of carbonyl (C=O) groups excluding carboxylic acids is 1.